The molecule has 0 aromatic heterocycles. The van der Waals surface area contributed by atoms with Crippen molar-refractivity contribution in [1.82, 2.24) is 0 Å². The van der Waals surface area contributed by atoms with Crippen LogP contribution in [0.3, 0.4) is 0 Å². The van der Waals surface area contributed by atoms with Crippen molar-refractivity contribution < 1.29 is 34.8 Å². The Morgan fingerprint density at radius 3 is 2.22 bits per heavy atom. The lowest BCUT2D eigenvalue weighted by Crippen LogP contribution is -2.69. The molecule has 7 heteroatoms. The third-order valence-electron chi connectivity index (χ3n) is 9.46. The first-order chi connectivity index (χ1) is 19.1. The zero-order valence-corrected chi connectivity index (χ0v) is 24.2. The molecule has 7 nitrogen and oxygen atoms in total. The predicted molar refractivity (Wildman–Crippen MR) is 156 cm³/mol. The first kappa shape index (κ1) is 28.6. The zero-order valence-electron chi connectivity index (χ0n) is 24.2. The number of allylic oxidation sites excluding steroid dienone is 1. The van der Waals surface area contributed by atoms with Crippen LogP contribution in [0.15, 0.2) is 53.3 Å². The first-order valence-electron chi connectivity index (χ1n) is 13.9. The number of phenols is 1. The van der Waals surface area contributed by atoms with E-state index in [0.29, 0.717) is 5.56 Å². The van der Waals surface area contributed by atoms with Crippen LogP contribution in [-0.2, 0) is 20.8 Å². The lowest BCUT2D eigenvalue weighted by molar-refractivity contribution is -0.178. The number of aliphatic hydroxyl groups is 3. The number of carbonyl (C=O) groups is 3. The van der Waals surface area contributed by atoms with Crippen LogP contribution in [0, 0.1) is 29.6 Å². The van der Waals surface area contributed by atoms with Gasteiger partial charge in [0, 0.05) is 22.3 Å². The van der Waals surface area contributed by atoms with Crippen LogP contribution < -0.4 is 0 Å². The zero-order chi connectivity index (χ0) is 30.2. The number of rotatable bonds is 4. The van der Waals surface area contributed by atoms with Crippen LogP contribution in [0.5, 0.6) is 5.75 Å². The highest BCUT2D eigenvalue weighted by molar-refractivity contribution is 6.24. The molecule has 0 heterocycles. The molecule has 0 saturated heterocycles. The summed E-state index contributed by atoms with van der Waals surface area (Å²) in [5.74, 6) is -5.30. The largest absolute Gasteiger partial charge is 0.508 e. The maximum absolute atomic E-state index is 14.4. The van der Waals surface area contributed by atoms with Crippen LogP contribution in [0.1, 0.15) is 68.9 Å². The summed E-state index contributed by atoms with van der Waals surface area (Å²) in [4.78, 5) is 40.5. The van der Waals surface area contributed by atoms with Crippen LogP contribution in [-0.4, -0.2) is 43.4 Å². The van der Waals surface area contributed by atoms with Gasteiger partial charge in [0.25, 0.3) is 0 Å². The number of fused-ring (bicyclic) bond motifs is 3. The van der Waals surface area contributed by atoms with E-state index in [9.17, 15) is 34.8 Å². The van der Waals surface area contributed by atoms with Crippen molar-refractivity contribution in [3.63, 3.8) is 0 Å². The summed E-state index contributed by atoms with van der Waals surface area (Å²) in [6, 6.07) is 11.2. The van der Waals surface area contributed by atoms with Crippen molar-refractivity contribution in [2.45, 2.75) is 60.0 Å². The van der Waals surface area contributed by atoms with Gasteiger partial charge >= 0.3 is 0 Å². The van der Waals surface area contributed by atoms with Crippen molar-refractivity contribution in [2.24, 2.45) is 22.7 Å². The van der Waals surface area contributed by atoms with E-state index in [1.54, 1.807) is 33.8 Å². The van der Waals surface area contributed by atoms with Gasteiger partial charge in [0.2, 0.25) is 5.78 Å². The molecule has 5 rings (SSSR count). The van der Waals surface area contributed by atoms with Crippen LogP contribution in [0.4, 0.5) is 0 Å². The van der Waals surface area contributed by atoms with Gasteiger partial charge in [-0.25, -0.2) is 0 Å². The van der Waals surface area contributed by atoms with E-state index in [2.05, 4.69) is 0 Å². The maximum atomic E-state index is 14.4. The summed E-state index contributed by atoms with van der Waals surface area (Å²) < 4.78 is 0. The van der Waals surface area contributed by atoms with Crippen LogP contribution in [0.25, 0.3) is 17.9 Å². The summed E-state index contributed by atoms with van der Waals surface area (Å²) in [5.41, 5.74) is -2.31. The molecular formula is C34H36O7. The summed E-state index contributed by atoms with van der Waals surface area (Å²) >= 11 is 0. The molecule has 0 bridgehead atoms. The molecule has 0 amide bonds. The molecule has 4 N–H and O–H groups in total. The number of aliphatic hydroxyl groups excluding tert-OH is 2. The minimum atomic E-state index is -2.62. The molecule has 3 aliphatic carbocycles. The fourth-order valence-electron chi connectivity index (χ4n) is 7.76. The first-order valence-corrected chi connectivity index (χ1v) is 13.9. The highest BCUT2D eigenvalue weighted by Crippen LogP contribution is 2.65. The van der Waals surface area contributed by atoms with Gasteiger partial charge in [-0.2, -0.15) is 0 Å². The van der Waals surface area contributed by atoms with E-state index >= 15 is 0 Å². The van der Waals surface area contributed by atoms with Gasteiger partial charge in [-0.15, -0.1) is 0 Å². The van der Waals surface area contributed by atoms with Gasteiger partial charge in [0.1, 0.15) is 22.8 Å². The quantitative estimate of drug-likeness (QED) is 0.282. The van der Waals surface area contributed by atoms with E-state index in [1.165, 1.54) is 6.07 Å². The van der Waals surface area contributed by atoms with E-state index in [-0.39, 0.29) is 35.6 Å². The van der Waals surface area contributed by atoms with Gasteiger partial charge in [-0.05, 0) is 55.4 Å². The normalized spacial score (nSPS) is 29.6. The molecule has 2 aromatic rings. The lowest BCUT2D eigenvalue weighted by atomic mass is 9.43. The number of aryl methyl sites for hydroxylation is 1. The second kappa shape index (κ2) is 9.28. The Kier molecular flexibility index (Phi) is 6.46. The Hall–Kier alpha value is -3.97. The highest BCUT2D eigenvalue weighted by atomic mass is 16.3. The standard InChI is InChI=1S/C34H36O7/c1-17(2)26-28(37)24(19(4)35)30(39)34(41)31(40)27-29(38)25-22(15-32(27,5)16-33(26,34)6)21(13-14-23(25)36)12-11-20-9-7-18(3)8-10-20/h7-14,17,26,36,38-39,41H,15-16H2,1-6H3/b12-11+/t26?,32-,33-,34+/m1/s1. The van der Waals surface area contributed by atoms with Crippen molar-refractivity contribution in [3.8, 4) is 5.75 Å². The van der Waals surface area contributed by atoms with E-state index in [1.807, 2.05) is 43.3 Å². The summed E-state index contributed by atoms with van der Waals surface area (Å²) in [6.45, 7) is 10.1. The van der Waals surface area contributed by atoms with Crippen molar-refractivity contribution in [1.29, 1.82) is 0 Å². The van der Waals surface area contributed by atoms with E-state index in [0.717, 1.165) is 23.6 Å². The fraction of sp³-hybridized carbons (Fsp3) is 0.382. The second-order valence-electron chi connectivity index (χ2n) is 12.7. The molecule has 1 fully saturated rings. The van der Waals surface area contributed by atoms with Crippen molar-refractivity contribution in [3.05, 3.63) is 81.1 Å². The molecular weight excluding hydrogens is 520 g/mol. The van der Waals surface area contributed by atoms with Gasteiger partial charge in [-0.3, -0.25) is 14.4 Å². The Morgan fingerprint density at radius 2 is 1.63 bits per heavy atom. The molecule has 2 aromatic carbocycles. The van der Waals surface area contributed by atoms with Crippen molar-refractivity contribution >= 4 is 35.3 Å². The molecule has 0 aliphatic heterocycles. The summed E-state index contributed by atoms with van der Waals surface area (Å²) in [6.07, 6.45) is 4.10. The minimum absolute atomic E-state index is 0.0572. The smallest absolute Gasteiger partial charge is 0.203 e. The average molecular weight is 557 g/mol. The molecule has 41 heavy (non-hydrogen) atoms. The number of hydrogen-bond donors (Lipinski definition) is 4. The predicted octanol–water partition coefficient (Wildman–Crippen LogP) is 5.67. The molecule has 4 atom stereocenters. The topological polar surface area (TPSA) is 132 Å². The SMILES string of the molecule is CC(=O)C1=C(O)[C@]2(O)C(=O)C3=C(O)c4c(O)ccc(/C=C/c5ccc(C)cc5)c4C[C@]3(C)C[C@]2(C)C(C(C)C)C1=O. The van der Waals surface area contributed by atoms with Crippen LogP contribution >= 0.6 is 0 Å². The molecule has 1 saturated carbocycles. The van der Waals surface area contributed by atoms with Gasteiger partial charge in [0.15, 0.2) is 17.2 Å². The lowest BCUT2D eigenvalue weighted by Gasteiger charge is -2.59. The van der Waals surface area contributed by atoms with E-state index in [4.69, 9.17) is 0 Å². The number of hydrogen-bond acceptors (Lipinski definition) is 7. The Balaban J connectivity index is 1.74. The monoisotopic (exact) mass is 556 g/mol. The number of ketones is 3. The van der Waals surface area contributed by atoms with Crippen molar-refractivity contribution in [2.75, 3.05) is 0 Å². The Bertz CT molecular complexity index is 1610. The molecule has 0 radical (unpaired) electrons. The number of carbonyl (C=O) groups excluding carboxylic acids is 3. The highest BCUT2D eigenvalue weighted by Gasteiger charge is 2.72. The molecule has 214 valence electrons. The number of Topliss-reactive ketones (excluding diaryl/α,β-unsaturated/α-hetero) is 3. The molecule has 0 spiro atoms. The third-order valence-corrected chi connectivity index (χ3v) is 9.46. The van der Waals surface area contributed by atoms with Gasteiger partial charge in [-0.1, -0.05) is 75.7 Å². The summed E-state index contributed by atoms with van der Waals surface area (Å²) in [5, 5.41) is 45.9. The number of aromatic hydroxyl groups is 1. The fourth-order valence-corrected chi connectivity index (χ4v) is 7.76. The number of phenolic OH excluding ortho intramolecular Hbond substituents is 1. The van der Waals surface area contributed by atoms with Crippen LogP contribution in [0.2, 0.25) is 0 Å². The summed E-state index contributed by atoms with van der Waals surface area (Å²) in [7, 11) is 0. The molecule has 1 unspecified atom stereocenters. The average Bonchev–Trinajstić information content (AvgIpc) is 2.86. The van der Waals surface area contributed by atoms with Gasteiger partial charge < -0.3 is 20.4 Å². The maximum Gasteiger partial charge on any atom is 0.203 e. The Labute approximate surface area is 239 Å². The number of benzene rings is 2. The Morgan fingerprint density at radius 1 is 1.00 bits per heavy atom. The second-order valence-corrected chi connectivity index (χ2v) is 12.7. The van der Waals surface area contributed by atoms with E-state index < -0.39 is 56.8 Å². The third kappa shape index (κ3) is 3.86. The van der Waals surface area contributed by atoms with Gasteiger partial charge in [0.05, 0.1) is 5.56 Å². The minimum Gasteiger partial charge on any atom is -0.508 e. The molecule has 3 aliphatic rings.